The zero-order valence-corrected chi connectivity index (χ0v) is 23.1. The Labute approximate surface area is 232 Å². The van der Waals surface area contributed by atoms with Gasteiger partial charge in [-0.05, 0) is 89.8 Å². The van der Waals surface area contributed by atoms with E-state index in [1.165, 1.54) is 0 Å². The maximum atomic E-state index is 9.97. The molecule has 4 heteroatoms. The van der Waals surface area contributed by atoms with Gasteiger partial charge in [0.1, 0.15) is 11.5 Å². The summed E-state index contributed by atoms with van der Waals surface area (Å²) in [6.07, 6.45) is 3.64. The third-order valence-electron chi connectivity index (χ3n) is 7.07. The number of aliphatic hydroxyl groups is 2. The van der Waals surface area contributed by atoms with E-state index in [9.17, 15) is 10.2 Å². The smallest absolute Gasteiger partial charge is 0.119 e. The normalized spacial score (nSPS) is 12.6. The minimum Gasteiger partial charge on any atom is -0.494 e. The lowest BCUT2D eigenvalue weighted by Gasteiger charge is -2.11. The van der Waals surface area contributed by atoms with Crippen molar-refractivity contribution in [1.82, 2.24) is 0 Å². The molecule has 39 heavy (non-hydrogen) atoms. The molecular formula is C35H40O4. The van der Waals surface area contributed by atoms with Crippen molar-refractivity contribution < 1.29 is 19.7 Å². The zero-order valence-electron chi connectivity index (χ0n) is 23.1. The monoisotopic (exact) mass is 524 g/mol. The van der Waals surface area contributed by atoms with E-state index in [1.807, 2.05) is 62.4 Å². The first kappa shape index (κ1) is 28.4. The van der Waals surface area contributed by atoms with Crippen molar-refractivity contribution in [2.24, 2.45) is 0 Å². The van der Waals surface area contributed by atoms with Crippen LogP contribution in [0.1, 0.15) is 69.3 Å². The highest BCUT2D eigenvalue weighted by atomic mass is 16.5. The Morgan fingerprint density at radius 3 is 1.08 bits per heavy atom. The molecule has 4 rings (SSSR count). The predicted octanol–water partition coefficient (Wildman–Crippen LogP) is 8.54. The third-order valence-corrected chi connectivity index (χ3v) is 7.07. The van der Waals surface area contributed by atoms with Gasteiger partial charge < -0.3 is 19.7 Å². The molecule has 4 nitrogen and oxygen atoms in total. The lowest BCUT2D eigenvalue weighted by molar-refractivity contribution is 0.173. The summed E-state index contributed by atoms with van der Waals surface area (Å²) in [5, 5.41) is 19.9. The van der Waals surface area contributed by atoms with Crippen molar-refractivity contribution >= 4 is 0 Å². The Balaban J connectivity index is 1.12. The molecule has 0 spiro atoms. The molecule has 0 radical (unpaired) electrons. The van der Waals surface area contributed by atoms with Gasteiger partial charge in [-0.25, -0.2) is 0 Å². The molecule has 2 atom stereocenters. The molecule has 0 fully saturated rings. The summed E-state index contributed by atoms with van der Waals surface area (Å²) in [6.45, 7) is 5.33. The quantitative estimate of drug-likeness (QED) is 0.162. The lowest BCUT2D eigenvalue weighted by Crippen LogP contribution is -2.01. The molecular weight excluding hydrogens is 484 g/mol. The second kappa shape index (κ2) is 14.5. The largest absolute Gasteiger partial charge is 0.494 e. The minimum atomic E-state index is -0.398. The number of aliphatic hydroxyl groups excluding tert-OH is 2. The summed E-state index contributed by atoms with van der Waals surface area (Å²) >= 11 is 0. The van der Waals surface area contributed by atoms with Gasteiger partial charge in [-0.2, -0.15) is 0 Å². The van der Waals surface area contributed by atoms with E-state index in [4.69, 9.17) is 9.47 Å². The van der Waals surface area contributed by atoms with Crippen LogP contribution in [0.4, 0.5) is 0 Å². The molecule has 0 aliphatic heterocycles. The average molecular weight is 525 g/mol. The summed E-state index contributed by atoms with van der Waals surface area (Å²) in [7, 11) is 0. The Morgan fingerprint density at radius 1 is 0.462 bits per heavy atom. The highest BCUT2D eigenvalue weighted by Gasteiger charge is 2.07. The SMILES string of the molecule is CCC(O)c1ccc(-c2ccc(OCCCCCOc3ccc(-c4ccc(C(O)CC)cc4)cc3)cc2)cc1. The highest BCUT2D eigenvalue weighted by molar-refractivity contribution is 5.65. The summed E-state index contributed by atoms with van der Waals surface area (Å²) in [5.41, 5.74) is 6.44. The van der Waals surface area contributed by atoms with Gasteiger partial charge >= 0.3 is 0 Å². The van der Waals surface area contributed by atoms with Gasteiger partial charge in [-0.15, -0.1) is 0 Å². The van der Waals surface area contributed by atoms with Crippen LogP contribution in [0.2, 0.25) is 0 Å². The average Bonchev–Trinajstić information content (AvgIpc) is 3.00. The fourth-order valence-corrected chi connectivity index (χ4v) is 4.52. The molecule has 2 N–H and O–H groups in total. The first-order valence-electron chi connectivity index (χ1n) is 14.1. The van der Waals surface area contributed by atoms with E-state index in [-0.39, 0.29) is 0 Å². The van der Waals surface area contributed by atoms with E-state index in [0.29, 0.717) is 13.2 Å². The minimum absolute atomic E-state index is 0.398. The van der Waals surface area contributed by atoms with E-state index in [1.54, 1.807) is 0 Å². The lowest BCUT2D eigenvalue weighted by atomic mass is 10.0. The maximum absolute atomic E-state index is 9.97. The molecule has 0 aliphatic carbocycles. The first-order chi connectivity index (χ1) is 19.1. The van der Waals surface area contributed by atoms with Gasteiger partial charge in [0.15, 0.2) is 0 Å². The molecule has 2 unspecified atom stereocenters. The van der Waals surface area contributed by atoms with Crippen molar-refractivity contribution in [1.29, 1.82) is 0 Å². The van der Waals surface area contributed by atoms with E-state index < -0.39 is 12.2 Å². The molecule has 0 aliphatic rings. The molecule has 0 heterocycles. The Hall–Kier alpha value is -3.60. The van der Waals surface area contributed by atoms with Crippen LogP contribution < -0.4 is 9.47 Å². The van der Waals surface area contributed by atoms with Crippen LogP contribution in [-0.4, -0.2) is 23.4 Å². The van der Waals surface area contributed by atoms with Crippen LogP contribution in [0.25, 0.3) is 22.3 Å². The summed E-state index contributed by atoms with van der Waals surface area (Å²) in [4.78, 5) is 0. The van der Waals surface area contributed by atoms with E-state index in [0.717, 1.165) is 77.0 Å². The number of rotatable bonds is 14. The van der Waals surface area contributed by atoms with Crippen LogP contribution >= 0.6 is 0 Å². The first-order valence-corrected chi connectivity index (χ1v) is 14.1. The third kappa shape index (κ3) is 8.19. The fraction of sp³-hybridized carbons (Fsp3) is 0.314. The fourth-order valence-electron chi connectivity index (χ4n) is 4.52. The summed E-state index contributed by atoms with van der Waals surface area (Å²) in [5.74, 6) is 1.76. The standard InChI is InChI=1S/C35H40O4/c1-3-34(36)30-12-8-26(9-13-30)28-16-20-32(21-17-28)38-24-6-5-7-25-39-33-22-18-29(19-23-33)27-10-14-31(15-11-27)35(37)4-2/h8-23,34-37H,3-7,24-25H2,1-2H3. The van der Waals surface area contributed by atoms with Crippen LogP contribution in [-0.2, 0) is 0 Å². The Kier molecular flexibility index (Phi) is 10.6. The van der Waals surface area contributed by atoms with Gasteiger partial charge in [0.05, 0.1) is 25.4 Å². The molecule has 0 saturated carbocycles. The van der Waals surface area contributed by atoms with E-state index >= 15 is 0 Å². The molecule has 0 aromatic heterocycles. The van der Waals surface area contributed by atoms with Crippen LogP contribution in [0, 0.1) is 0 Å². The Bertz CT molecular complexity index is 1150. The van der Waals surface area contributed by atoms with Crippen molar-refractivity contribution in [2.75, 3.05) is 13.2 Å². The second-order valence-corrected chi connectivity index (χ2v) is 9.90. The van der Waals surface area contributed by atoms with Crippen LogP contribution in [0.5, 0.6) is 11.5 Å². The molecule has 0 amide bonds. The molecule has 4 aromatic rings. The summed E-state index contributed by atoms with van der Waals surface area (Å²) in [6, 6.07) is 32.5. The highest BCUT2D eigenvalue weighted by Crippen LogP contribution is 2.27. The van der Waals surface area contributed by atoms with Crippen LogP contribution in [0.15, 0.2) is 97.1 Å². The number of unbranched alkanes of at least 4 members (excludes halogenated alkanes) is 2. The van der Waals surface area contributed by atoms with Gasteiger partial charge in [-0.3, -0.25) is 0 Å². The van der Waals surface area contributed by atoms with Crippen molar-refractivity contribution in [3.8, 4) is 33.8 Å². The zero-order chi connectivity index (χ0) is 27.5. The number of hydrogen-bond acceptors (Lipinski definition) is 4. The van der Waals surface area contributed by atoms with Crippen molar-refractivity contribution in [3.63, 3.8) is 0 Å². The number of ether oxygens (including phenoxy) is 2. The topological polar surface area (TPSA) is 58.9 Å². The van der Waals surface area contributed by atoms with Crippen molar-refractivity contribution in [2.45, 2.75) is 58.2 Å². The number of hydrogen-bond donors (Lipinski definition) is 2. The molecule has 0 bridgehead atoms. The van der Waals surface area contributed by atoms with Gasteiger partial charge in [0, 0.05) is 0 Å². The predicted molar refractivity (Wildman–Crippen MR) is 159 cm³/mol. The molecule has 0 saturated heterocycles. The molecule has 204 valence electrons. The van der Waals surface area contributed by atoms with Crippen molar-refractivity contribution in [3.05, 3.63) is 108 Å². The van der Waals surface area contributed by atoms with Gasteiger partial charge in [-0.1, -0.05) is 86.6 Å². The Morgan fingerprint density at radius 2 is 0.769 bits per heavy atom. The van der Waals surface area contributed by atoms with Crippen LogP contribution in [0.3, 0.4) is 0 Å². The van der Waals surface area contributed by atoms with Gasteiger partial charge in [0.2, 0.25) is 0 Å². The summed E-state index contributed by atoms with van der Waals surface area (Å²) < 4.78 is 11.8. The molecule has 4 aromatic carbocycles. The number of benzene rings is 4. The van der Waals surface area contributed by atoms with Gasteiger partial charge in [0.25, 0.3) is 0 Å². The maximum Gasteiger partial charge on any atom is 0.119 e. The second-order valence-electron chi connectivity index (χ2n) is 9.90. The van der Waals surface area contributed by atoms with E-state index in [2.05, 4.69) is 48.5 Å².